The topological polar surface area (TPSA) is 65.6 Å². The lowest BCUT2D eigenvalue weighted by Crippen LogP contribution is -2.25. The maximum absolute atomic E-state index is 12.5. The van der Waals surface area contributed by atoms with Gasteiger partial charge in [0.25, 0.3) is 0 Å². The van der Waals surface area contributed by atoms with Crippen LogP contribution in [0.4, 0.5) is 8.78 Å². The van der Waals surface area contributed by atoms with E-state index in [1.54, 1.807) is 0 Å². The Morgan fingerprint density at radius 1 is 1.29 bits per heavy atom. The Bertz CT molecular complexity index is 801. The molecule has 1 aromatic carbocycles. The summed E-state index contributed by atoms with van der Waals surface area (Å²) in [6.45, 7) is -3.19. The van der Waals surface area contributed by atoms with Gasteiger partial charge in [-0.3, -0.25) is 0 Å². The smallest absolute Gasteiger partial charge is 0.387 e. The summed E-state index contributed by atoms with van der Waals surface area (Å²) in [5, 5.41) is 21.7. The number of rotatable bonds is 6. The van der Waals surface area contributed by atoms with Gasteiger partial charge < -0.3 is 19.8 Å². The Balaban J connectivity index is 2.33. The van der Waals surface area contributed by atoms with Crippen LogP contribution < -0.4 is 14.2 Å². The quantitative estimate of drug-likeness (QED) is 0.613. The molecule has 0 bridgehead atoms. The second-order valence-corrected chi connectivity index (χ2v) is 5.51. The number of nitrogens with zero attached hydrogens (tertiary/aromatic N) is 1. The number of aliphatic hydroxyl groups excluding tert-OH is 1. The number of ether oxygens (including phenoxy) is 2. The minimum Gasteiger partial charge on any atom is -0.619 e. The molecule has 1 heterocycles. The Labute approximate surface area is 150 Å². The number of hydrogen-bond donors (Lipinski definition) is 1. The van der Waals surface area contributed by atoms with Gasteiger partial charge in [0.15, 0.2) is 23.9 Å². The minimum absolute atomic E-state index is 0.0215. The van der Waals surface area contributed by atoms with Crippen LogP contribution in [0.1, 0.15) is 21.3 Å². The summed E-state index contributed by atoms with van der Waals surface area (Å²) < 4.78 is 55.6. The van der Waals surface area contributed by atoms with E-state index in [9.17, 15) is 19.1 Å². The lowest BCUT2D eigenvalue weighted by molar-refractivity contribution is -0.605. The van der Waals surface area contributed by atoms with Gasteiger partial charge in [0, 0.05) is 12.0 Å². The predicted molar refractivity (Wildman–Crippen MR) is 83.7 cm³/mol. The molecule has 0 aliphatic rings. The van der Waals surface area contributed by atoms with Crippen LogP contribution in [0.5, 0.6) is 11.5 Å². The van der Waals surface area contributed by atoms with Crippen LogP contribution >= 0.6 is 23.2 Å². The zero-order valence-electron chi connectivity index (χ0n) is 14.9. The fourth-order valence-corrected chi connectivity index (χ4v) is 2.64. The zero-order valence-corrected chi connectivity index (χ0v) is 13.4. The summed E-state index contributed by atoms with van der Waals surface area (Å²) in [5.74, 6) is -0.991. The number of aromatic nitrogens is 1. The first-order valence-electron chi connectivity index (χ1n) is 7.99. The molecule has 0 saturated carbocycles. The highest BCUT2D eigenvalue weighted by molar-refractivity contribution is 6.35. The average Bonchev–Trinajstić information content (AvgIpc) is 2.50. The number of benzene rings is 1. The lowest BCUT2D eigenvalue weighted by Gasteiger charge is -2.16. The van der Waals surface area contributed by atoms with Crippen LogP contribution in [0, 0.1) is 5.21 Å². The third-order valence-electron chi connectivity index (χ3n) is 3.13. The van der Waals surface area contributed by atoms with Crippen LogP contribution in [-0.2, 0) is 6.42 Å². The fraction of sp³-hybridized carbons (Fsp3) is 0.267. The maximum atomic E-state index is 12.5. The van der Waals surface area contributed by atoms with Gasteiger partial charge in [0.1, 0.15) is 10.0 Å². The molecule has 1 N–H and O–H groups in total. The Morgan fingerprint density at radius 2 is 1.96 bits per heavy atom. The van der Waals surface area contributed by atoms with Crippen molar-refractivity contribution in [3.8, 4) is 11.5 Å². The van der Waals surface area contributed by atoms with Gasteiger partial charge in [-0.2, -0.15) is 13.5 Å². The summed E-state index contributed by atoms with van der Waals surface area (Å²) in [4.78, 5) is 0. The van der Waals surface area contributed by atoms with Crippen molar-refractivity contribution in [3.05, 3.63) is 57.0 Å². The van der Waals surface area contributed by atoms with Crippen molar-refractivity contribution >= 4 is 23.2 Å². The number of hydrogen-bond acceptors (Lipinski definition) is 4. The van der Waals surface area contributed by atoms with E-state index in [1.165, 1.54) is 6.07 Å². The first-order valence-corrected chi connectivity index (χ1v) is 7.24. The molecule has 24 heavy (non-hydrogen) atoms. The van der Waals surface area contributed by atoms with Crippen molar-refractivity contribution < 1.29 is 32.2 Å². The normalized spacial score (nSPS) is 14.7. The molecule has 1 atom stereocenters. The van der Waals surface area contributed by atoms with Crippen molar-refractivity contribution in [1.82, 2.24) is 0 Å². The SMILES string of the molecule is [2H]C([2H])([2H])Oc1cc([C@@H](O)Cc2c(Cl)c[n+]([O-])cc2Cl)ccc1OC(F)F. The van der Waals surface area contributed by atoms with Crippen molar-refractivity contribution in [2.75, 3.05) is 7.04 Å². The van der Waals surface area contributed by atoms with E-state index in [2.05, 4.69) is 9.47 Å². The third kappa shape index (κ3) is 4.37. The summed E-state index contributed by atoms with van der Waals surface area (Å²) in [7, 11) is -2.92. The van der Waals surface area contributed by atoms with Crippen LogP contribution in [-0.4, -0.2) is 18.8 Å². The Hall–Kier alpha value is -1.83. The van der Waals surface area contributed by atoms with Crippen LogP contribution in [0.3, 0.4) is 0 Å². The molecular weight excluding hydrogens is 367 g/mol. The molecule has 2 rings (SSSR count). The molecule has 0 saturated heterocycles. The highest BCUT2D eigenvalue weighted by Crippen LogP contribution is 2.34. The molecule has 0 amide bonds. The molecule has 5 nitrogen and oxygen atoms in total. The van der Waals surface area contributed by atoms with E-state index in [-0.39, 0.29) is 27.6 Å². The first kappa shape index (κ1) is 14.5. The van der Waals surface area contributed by atoms with Gasteiger partial charge in [-0.05, 0) is 17.7 Å². The van der Waals surface area contributed by atoms with Gasteiger partial charge >= 0.3 is 6.61 Å². The highest BCUT2D eigenvalue weighted by Gasteiger charge is 2.19. The standard InChI is InChI=1S/C15H13Cl2F2NO4/c1-23-14-4-8(2-3-13(14)24-15(18)19)12(21)5-9-10(16)6-20(22)7-11(9)17/h2-4,6-7,12,15,21H,5H2,1H3/t12-/m0/s1/i1D3. The van der Waals surface area contributed by atoms with E-state index in [0.717, 1.165) is 24.5 Å². The van der Waals surface area contributed by atoms with E-state index < -0.39 is 31.3 Å². The predicted octanol–water partition coefficient (Wildman–Crippen LogP) is 3.51. The molecule has 0 spiro atoms. The molecule has 2 aromatic rings. The zero-order chi connectivity index (χ0) is 20.4. The second-order valence-electron chi connectivity index (χ2n) is 4.70. The molecule has 130 valence electrons. The molecule has 1 aromatic heterocycles. The number of aliphatic hydroxyl groups is 1. The number of methoxy groups -OCH3 is 1. The average molecular weight is 383 g/mol. The van der Waals surface area contributed by atoms with E-state index >= 15 is 0 Å². The third-order valence-corrected chi connectivity index (χ3v) is 3.79. The monoisotopic (exact) mass is 382 g/mol. The van der Waals surface area contributed by atoms with Crippen LogP contribution in [0.2, 0.25) is 10.0 Å². The van der Waals surface area contributed by atoms with Crippen LogP contribution in [0.15, 0.2) is 30.6 Å². The number of pyridine rings is 1. The van der Waals surface area contributed by atoms with Crippen molar-refractivity contribution in [3.63, 3.8) is 0 Å². The molecule has 9 heteroatoms. The Kier molecular flexibility index (Phi) is 4.73. The molecule has 0 fully saturated rings. The summed E-state index contributed by atoms with van der Waals surface area (Å²) in [6, 6.07) is 3.37. The van der Waals surface area contributed by atoms with Crippen LogP contribution in [0.25, 0.3) is 0 Å². The van der Waals surface area contributed by atoms with Gasteiger partial charge in [-0.25, -0.2) is 0 Å². The molecular formula is C15H13Cl2F2NO4. The fourth-order valence-electron chi connectivity index (χ4n) is 2.04. The number of alkyl halides is 2. The molecule has 0 aliphatic carbocycles. The van der Waals surface area contributed by atoms with Crippen molar-refractivity contribution in [2.45, 2.75) is 19.1 Å². The molecule has 0 radical (unpaired) electrons. The van der Waals surface area contributed by atoms with E-state index in [4.69, 9.17) is 27.3 Å². The number of halogens is 4. The largest absolute Gasteiger partial charge is 0.619 e. The Morgan fingerprint density at radius 3 is 2.54 bits per heavy atom. The van der Waals surface area contributed by atoms with E-state index in [1.807, 2.05) is 0 Å². The minimum atomic E-state index is -3.19. The highest BCUT2D eigenvalue weighted by atomic mass is 35.5. The maximum Gasteiger partial charge on any atom is 0.387 e. The van der Waals surface area contributed by atoms with Gasteiger partial charge in [-0.15, -0.1) is 0 Å². The van der Waals surface area contributed by atoms with Crippen molar-refractivity contribution in [2.24, 2.45) is 0 Å². The molecule has 0 unspecified atom stereocenters. The molecule has 0 aliphatic heterocycles. The first-order chi connectivity index (χ1) is 12.5. The second kappa shape index (κ2) is 7.83. The summed E-state index contributed by atoms with van der Waals surface area (Å²) >= 11 is 11.9. The van der Waals surface area contributed by atoms with Gasteiger partial charge in [0.2, 0.25) is 0 Å². The lowest BCUT2D eigenvalue weighted by atomic mass is 10.0. The van der Waals surface area contributed by atoms with Gasteiger partial charge in [0.05, 0.1) is 17.3 Å². The summed E-state index contributed by atoms with van der Waals surface area (Å²) in [5.41, 5.74) is 0.422. The van der Waals surface area contributed by atoms with Crippen molar-refractivity contribution in [1.29, 1.82) is 0 Å². The van der Waals surface area contributed by atoms with Gasteiger partial charge in [-0.1, -0.05) is 29.3 Å². The van der Waals surface area contributed by atoms with E-state index in [0.29, 0.717) is 4.73 Å². The summed E-state index contributed by atoms with van der Waals surface area (Å²) in [6.07, 6.45) is 0.735.